The minimum Gasteiger partial charge on any atom is -0.481 e. The van der Waals surface area contributed by atoms with E-state index in [0.717, 1.165) is 6.42 Å². The largest absolute Gasteiger partial charge is 0.481 e. The van der Waals surface area contributed by atoms with Crippen LogP contribution in [0.2, 0.25) is 0 Å². The Morgan fingerprint density at radius 3 is 2.33 bits per heavy atom. The summed E-state index contributed by atoms with van der Waals surface area (Å²) in [5.41, 5.74) is 4.68. The molecule has 0 saturated carbocycles. The lowest BCUT2D eigenvalue weighted by Gasteiger charge is -2.23. The van der Waals surface area contributed by atoms with E-state index >= 15 is 0 Å². The first-order chi connectivity index (χ1) is 5.42. The van der Waals surface area contributed by atoms with Crippen molar-refractivity contribution in [3.05, 3.63) is 0 Å². The predicted octanol–water partition coefficient (Wildman–Crippen LogP) is 1.47. The Morgan fingerprint density at radius 2 is 2.08 bits per heavy atom. The maximum absolute atomic E-state index is 10.8. The second-order valence-electron chi connectivity index (χ2n) is 4.00. The lowest BCUT2D eigenvalue weighted by atomic mass is 9.83. The van der Waals surface area contributed by atoms with Gasteiger partial charge in [-0.15, -0.1) is 0 Å². The van der Waals surface area contributed by atoms with Gasteiger partial charge in [0, 0.05) is 6.54 Å². The molecule has 12 heavy (non-hydrogen) atoms. The van der Waals surface area contributed by atoms with Crippen LogP contribution in [0.15, 0.2) is 0 Å². The van der Waals surface area contributed by atoms with Crippen LogP contribution in [0.5, 0.6) is 0 Å². The molecule has 3 N–H and O–H groups in total. The Balaban J connectivity index is 4.06. The summed E-state index contributed by atoms with van der Waals surface area (Å²) in [4.78, 5) is 10.8. The SMILES string of the molecule is CC(C)CCC(C)(CN)C(=O)O. The van der Waals surface area contributed by atoms with Crippen molar-refractivity contribution >= 4 is 5.97 Å². The molecule has 0 heterocycles. The molecule has 3 nitrogen and oxygen atoms in total. The first-order valence-electron chi connectivity index (χ1n) is 4.36. The average molecular weight is 173 g/mol. The zero-order valence-corrected chi connectivity index (χ0v) is 8.13. The van der Waals surface area contributed by atoms with Crippen molar-refractivity contribution in [1.82, 2.24) is 0 Å². The van der Waals surface area contributed by atoms with Gasteiger partial charge in [0.25, 0.3) is 0 Å². The van der Waals surface area contributed by atoms with Crippen LogP contribution >= 0.6 is 0 Å². The molecule has 0 aliphatic rings. The van der Waals surface area contributed by atoms with Crippen molar-refractivity contribution in [2.24, 2.45) is 17.1 Å². The first-order valence-corrected chi connectivity index (χ1v) is 4.36. The summed E-state index contributed by atoms with van der Waals surface area (Å²) in [6.45, 7) is 6.09. The quantitative estimate of drug-likeness (QED) is 0.661. The summed E-state index contributed by atoms with van der Waals surface area (Å²) in [6, 6.07) is 0. The second-order valence-corrected chi connectivity index (χ2v) is 4.00. The van der Waals surface area contributed by atoms with E-state index in [1.165, 1.54) is 0 Å². The molecular formula is C9H19NO2. The highest BCUT2D eigenvalue weighted by Crippen LogP contribution is 2.24. The van der Waals surface area contributed by atoms with E-state index < -0.39 is 11.4 Å². The fraction of sp³-hybridized carbons (Fsp3) is 0.889. The minimum atomic E-state index is -0.786. The fourth-order valence-electron chi connectivity index (χ4n) is 0.904. The molecule has 0 aromatic heterocycles. The van der Waals surface area contributed by atoms with Crippen LogP contribution in [0.3, 0.4) is 0 Å². The van der Waals surface area contributed by atoms with Crippen LogP contribution in [-0.2, 0) is 4.79 Å². The third-order valence-electron chi connectivity index (χ3n) is 2.24. The summed E-state index contributed by atoms with van der Waals surface area (Å²) in [5.74, 6) is -0.249. The molecule has 0 radical (unpaired) electrons. The summed E-state index contributed by atoms with van der Waals surface area (Å²) in [6.07, 6.45) is 1.58. The molecule has 3 heteroatoms. The van der Waals surface area contributed by atoms with E-state index in [1.807, 2.05) is 0 Å². The van der Waals surface area contributed by atoms with E-state index in [0.29, 0.717) is 12.3 Å². The number of aliphatic carboxylic acids is 1. The molecule has 0 aromatic carbocycles. The highest BCUT2D eigenvalue weighted by atomic mass is 16.4. The molecule has 0 rings (SSSR count). The topological polar surface area (TPSA) is 63.3 Å². The number of carboxylic acids is 1. The van der Waals surface area contributed by atoms with Crippen LogP contribution in [0.4, 0.5) is 0 Å². The Hall–Kier alpha value is -0.570. The van der Waals surface area contributed by atoms with Gasteiger partial charge in [0.05, 0.1) is 5.41 Å². The lowest BCUT2D eigenvalue weighted by molar-refractivity contribution is -0.147. The van der Waals surface area contributed by atoms with Gasteiger partial charge >= 0.3 is 5.97 Å². The van der Waals surface area contributed by atoms with Crippen LogP contribution in [0.25, 0.3) is 0 Å². The van der Waals surface area contributed by atoms with Crippen molar-refractivity contribution in [3.8, 4) is 0 Å². The zero-order valence-electron chi connectivity index (χ0n) is 8.13. The van der Waals surface area contributed by atoms with Gasteiger partial charge in [0.15, 0.2) is 0 Å². The monoisotopic (exact) mass is 173 g/mol. The number of nitrogens with two attached hydrogens (primary N) is 1. The summed E-state index contributed by atoms with van der Waals surface area (Å²) in [7, 11) is 0. The van der Waals surface area contributed by atoms with Crippen molar-refractivity contribution < 1.29 is 9.90 Å². The van der Waals surface area contributed by atoms with Gasteiger partial charge in [-0.25, -0.2) is 0 Å². The molecule has 0 aliphatic heterocycles. The van der Waals surface area contributed by atoms with Crippen LogP contribution < -0.4 is 5.73 Å². The van der Waals surface area contributed by atoms with Crippen LogP contribution in [0.1, 0.15) is 33.6 Å². The zero-order chi connectivity index (χ0) is 9.78. The number of rotatable bonds is 5. The maximum atomic E-state index is 10.8. The van der Waals surface area contributed by atoms with Crippen molar-refractivity contribution in [2.75, 3.05) is 6.54 Å². The molecule has 1 atom stereocenters. The number of carboxylic acid groups (broad SMARTS) is 1. The number of carbonyl (C=O) groups is 1. The molecule has 1 unspecified atom stereocenters. The first kappa shape index (κ1) is 11.4. The van der Waals surface area contributed by atoms with E-state index in [1.54, 1.807) is 6.92 Å². The summed E-state index contributed by atoms with van der Waals surface area (Å²) >= 11 is 0. The Morgan fingerprint density at radius 1 is 1.58 bits per heavy atom. The summed E-state index contributed by atoms with van der Waals surface area (Å²) in [5, 5.41) is 8.87. The number of hydrogen-bond acceptors (Lipinski definition) is 2. The maximum Gasteiger partial charge on any atom is 0.310 e. The summed E-state index contributed by atoms with van der Waals surface area (Å²) < 4.78 is 0. The smallest absolute Gasteiger partial charge is 0.310 e. The van der Waals surface area contributed by atoms with Gasteiger partial charge in [-0.1, -0.05) is 13.8 Å². The van der Waals surface area contributed by atoms with Crippen molar-refractivity contribution in [1.29, 1.82) is 0 Å². The average Bonchev–Trinajstić information content (AvgIpc) is 1.99. The standard InChI is InChI=1S/C9H19NO2/c1-7(2)4-5-9(3,6-10)8(11)12/h7H,4-6,10H2,1-3H3,(H,11,12). The molecule has 0 fully saturated rings. The van der Waals surface area contributed by atoms with Crippen molar-refractivity contribution in [2.45, 2.75) is 33.6 Å². The molecule has 0 bridgehead atoms. The molecule has 0 spiro atoms. The van der Waals surface area contributed by atoms with Gasteiger partial charge in [-0.05, 0) is 25.7 Å². The van der Waals surface area contributed by atoms with E-state index in [-0.39, 0.29) is 6.54 Å². The Kier molecular flexibility index (Phi) is 4.24. The minimum absolute atomic E-state index is 0.217. The van der Waals surface area contributed by atoms with Crippen LogP contribution in [0, 0.1) is 11.3 Å². The molecule has 72 valence electrons. The number of hydrogen-bond donors (Lipinski definition) is 2. The normalized spacial score (nSPS) is 16.1. The van der Waals surface area contributed by atoms with Crippen molar-refractivity contribution in [3.63, 3.8) is 0 Å². The third kappa shape index (κ3) is 3.22. The van der Waals surface area contributed by atoms with Gasteiger partial charge in [-0.2, -0.15) is 0 Å². The molecular weight excluding hydrogens is 154 g/mol. The van der Waals surface area contributed by atoms with E-state index in [4.69, 9.17) is 10.8 Å². The highest BCUT2D eigenvalue weighted by Gasteiger charge is 2.30. The van der Waals surface area contributed by atoms with E-state index in [2.05, 4.69) is 13.8 Å². The lowest BCUT2D eigenvalue weighted by Crippen LogP contribution is -2.35. The third-order valence-corrected chi connectivity index (χ3v) is 2.24. The van der Waals surface area contributed by atoms with Gasteiger partial charge in [0.2, 0.25) is 0 Å². The van der Waals surface area contributed by atoms with Gasteiger partial charge in [-0.3, -0.25) is 4.79 Å². The fourth-order valence-corrected chi connectivity index (χ4v) is 0.904. The molecule has 0 aromatic rings. The van der Waals surface area contributed by atoms with Gasteiger partial charge in [0.1, 0.15) is 0 Å². The molecule has 0 aliphatic carbocycles. The predicted molar refractivity (Wildman–Crippen MR) is 48.9 cm³/mol. The Bertz CT molecular complexity index is 157. The second kappa shape index (κ2) is 4.45. The Labute approximate surface area is 74.0 Å². The van der Waals surface area contributed by atoms with Gasteiger partial charge < -0.3 is 10.8 Å². The highest BCUT2D eigenvalue weighted by molar-refractivity contribution is 5.74. The molecule has 0 saturated heterocycles. The van der Waals surface area contributed by atoms with Crippen LogP contribution in [-0.4, -0.2) is 17.6 Å². The molecule has 0 amide bonds. The van der Waals surface area contributed by atoms with E-state index in [9.17, 15) is 4.79 Å².